The fraction of sp³-hybridized carbons (Fsp3) is 0.429. The SMILES string of the molecule is Cc1ccc(NCCC2=CCNCC2)cc1[N+](=O)[O-]. The minimum atomic E-state index is -0.337. The van der Waals surface area contributed by atoms with E-state index in [2.05, 4.69) is 16.7 Å². The summed E-state index contributed by atoms with van der Waals surface area (Å²) in [6.45, 7) is 4.56. The second-order valence-electron chi connectivity index (χ2n) is 4.75. The summed E-state index contributed by atoms with van der Waals surface area (Å²) in [7, 11) is 0. The lowest BCUT2D eigenvalue weighted by molar-refractivity contribution is -0.385. The van der Waals surface area contributed by atoms with Crippen LogP contribution < -0.4 is 10.6 Å². The average Bonchev–Trinajstić information content (AvgIpc) is 2.41. The van der Waals surface area contributed by atoms with Crippen molar-refractivity contribution in [3.63, 3.8) is 0 Å². The van der Waals surface area contributed by atoms with Crippen molar-refractivity contribution < 1.29 is 4.92 Å². The molecule has 0 atom stereocenters. The molecular formula is C14H19N3O2. The molecule has 0 amide bonds. The molecular weight excluding hydrogens is 242 g/mol. The van der Waals surface area contributed by atoms with Crippen molar-refractivity contribution in [1.29, 1.82) is 0 Å². The van der Waals surface area contributed by atoms with Gasteiger partial charge in [0.15, 0.2) is 0 Å². The van der Waals surface area contributed by atoms with E-state index < -0.39 is 0 Å². The van der Waals surface area contributed by atoms with Gasteiger partial charge in [-0.15, -0.1) is 0 Å². The third-order valence-electron chi connectivity index (χ3n) is 3.34. The maximum Gasteiger partial charge on any atom is 0.274 e. The maximum absolute atomic E-state index is 10.9. The highest BCUT2D eigenvalue weighted by atomic mass is 16.6. The highest BCUT2D eigenvalue weighted by Crippen LogP contribution is 2.22. The predicted molar refractivity (Wildman–Crippen MR) is 76.5 cm³/mol. The Hall–Kier alpha value is -1.88. The summed E-state index contributed by atoms with van der Waals surface area (Å²) in [5, 5.41) is 17.4. The van der Waals surface area contributed by atoms with Crippen LogP contribution in [0.25, 0.3) is 0 Å². The standard InChI is InChI=1S/C14H19N3O2/c1-11-2-3-13(10-14(11)17(18)19)16-9-6-12-4-7-15-8-5-12/h2-4,10,15-16H,5-9H2,1H3. The molecule has 1 aliphatic rings. The summed E-state index contributed by atoms with van der Waals surface area (Å²) in [6.07, 6.45) is 4.31. The molecule has 5 heteroatoms. The van der Waals surface area contributed by atoms with Crippen molar-refractivity contribution in [2.45, 2.75) is 19.8 Å². The number of nitro benzene ring substituents is 1. The molecule has 0 fully saturated rings. The monoisotopic (exact) mass is 261 g/mol. The molecule has 2 N–H and O–H groups in total. The summed E-state index contributed by atoms with van der Waals surface area (Å²) < 4.78 is 0. The van der Waals surface area contributed by atoms with Crippen LogP contribution in [0.2, 0.25) is 0 Å². The van der Waals surface area contributed by atoms with E-state index in [1.54, 1.807) is 19.1 Å². The molecule has 1 aromatic carbocycles. The van der Waals surface area contributed by atoms with Gasteiger partial charge < -0.3 is 10.6 Å². The van der Waals surface area contributed by atoms with Crippen molar-refractivity contribution in [1.82, 2.24) is 5.32 Å². The van der Waals surface area contributed by atoms with Crippen LogP contribution >= 0.6 is 0 Å². The molecule has 1 heterocycles. The summed E-state index contributed by atoms with van der Waals surface area (Å²) in [6, 6.07) is 5.27. The molecule has 1 aromatic rings. The fourth-order valence-electron chi connectivity index (χ4n) is 2.18. The van der Waals surface area contributed by atoms with Gasteiger partial charge in [-0.3, -0.25) is 10.1 Å². The van der Waals surface area contributed by atoms with Gasteiger partial charge in [0.2, 0.25) is 0 Å². The molecule has 0 aromatic heterocycles. The van der Waals surface area contributed by atoms with E-state index in [1.165, 1.54) is 5.57 Å². The third-order valence-corrected chi connectivity index (χ3v) is 3.34. The van der Waals surface area contributed by atoms with Crippen molar-refractivity contribution in [3.05, 3.63) is 45.5 Å². The Morgan fingerprint density at radius 3 is 3.00 bits per heavy atom. The minimum absolute atomic E-state index is 0.172. The smallest absolute Gasteiger partial charge is 0.274 e. The fourth-order valence-corrected chi connectivity index (χ4v) is 2.18. The lowest BCUT2D eigenvalue weighted by Crippen LogP contribution is -2.21. The van der Waals surface area contributed by atoms with Gasteiger partial charge in [-0.1, -0.05) is 17.7 Å². The van der Waals surface area contributed by atoms with Crippen LogP contribution in [0.5, 0.6) is 0 Å². The first-order chi connectivity index (χ1) is 9.16. The molecule has 0 aliphatic carbocycles. The Morgan fingerprint density at radius 2 is 2.32 bits per heavy atom. The van der Waals surface area contributed by atoms with E-state index >= 15 is 0 Å². The summed E-state index contributed by atoms with van der Waals surface area (Å²) >= 11 is 0. The van der Waals surface area contributed by atoms with Crippen LogP contribution in [-0.2, 0) is 0 Å². The first-order valence-electron chi connectivity index (χ1n) is 6.54. The number of aryl methyl sites for hydroxylation is 1. The first kappa shape index (κ1) is 13.5. The molecule has 2 rings (SSSR count). The largest absolute Gasteiger partial charge is 0.385 e. The molecule has 0 unspecified atom stereocenters. The number of hydrogen-bond donors (Lipinski definition) is 2. The number of nitrogens with zero attached hydrogens (tertiary/aromatic N) is 1. The number of anilines is 1. The highest BCUT2D eigenvalue weighted by molar-refractivity contribution is 5.54. The summed E-state index contributed by atoms with van der Waals surface area (Å²) in [5.74, 6) is 0. The van der Waals surface area contributed by atoms with Gasteiger partial charge in [-0.2, -0.15) is 0 Å². The second-order valence-corrected chi connectivity index (χ2v) is 4.75. The Kier molecular flexibility index (Phi) is 4.52. The number of nitrogens with one attached hydrogen (secondary N) is 2. The van der Waals surface area contributed by atoms with Crippen LogP contribution in [0.4, 0.5) is 11.4 Å². The molecule has 0 radical (unpaired) electrons. The zero-order valence-electron chi connectivity index (χ0n) is 11.1. The third kappa shape index (κ3) is 3.79. The Balaban J connectivity index is 1.90. The first-order valence-corrected chi connectivity index (χ1v) is 6.54. The number of benzene rings is 1. The lowest BCUT2D eigenvalue weighted by atomic mass is 10.1. The van der Waals surface area contributed by atoms with Gasteiger partial charge in [-0.05, 0) is 32.4 Å². The lowest BCUT2D eigenvalue weighted by Gasteiger charge is -2.14. The summed E-state index contributed by atoms with van der Waals surface area (Å²) in [4.78, 5) is 10.5. The zero-order valence-corrected chi connectivity index (χ0v) is 11.1. The van der Waals surface area contributed by atoms with Crippen LogP contribution in [0.3, 0.4) is 0 Å². The average molecular weight is 261 g/mol. The van der Waals surface area contributed by atoms with Gasteiger partial charge >= 0.3 is 0 Å². The van der Waals surface area contributed by atoms with E-state index in [4.69, 9.17) is 0 Å². The van der Waals surface area contributed by atoms with Gasteiger partial charge in [0.1, 0.15) is 0 Å². The molecule has 5 nitrogen and oxygen atoms in total. The molecule has 0 bridgehead atoms. The maximum atomic E-state index is 10.9. The molecule has 19 heavy (non-hydrogen) atoms. The number of nitro groups is 1. The Morgan fingerprint density at radius 1 is 1.47 bits per heavy atom. The topological polar surface area (TPSA) is 67.2 Å². The van der Waals surface area contributed by atoms with Crippen LogP contribution in [0.1, 0.15) is 18.4 Å². The molecule has 0 saturated heterocycles. The van der Waals surface area contributed by atoms with Crippen LogP contribution in [-0.4, -0.2) is 24.6 Å². The van der Waals surface area contributed by atoms with Crippen LogP contribution in [0, 0.1) is 17.0 Å². The molecule has 0 saturated carbocycles. The minimum Gasteiger partial charge on any atom is -0.385 e. The van der Waals surface area contributed by atoms with E-state index in [0.717, 1.165) is 38.2 Å². The molecule has 0 spiro atoms. The van der Waals surface area contributed by atoms with E-state index in [0.29, 0.717) is 5.56 Å². The van der Waals surface area contributed by atoms with Gasteiger partial charge in [0, 0.05) is 30.4 Å². The normalized spacial score (nSPS) is 14.9. The van der Waals surface area contributed by atoms with Crippen LogP contribution in [0.15, 0.2) is 29.8 Å². The summed E-state index contributed by atoms with van der Waals surface area (Å²) in [5.41, 5.74) is 3.13. The Labute approximate surface area is 112 Å². The van der Waals surface area contributed by atoms with Crippen molar-refractivity contribution in [2.75, 3.05) is 25.0 Å². The number of rotatable bonds is 5. The second kappa shape index (κ2) is 6.33. The van der Waals surface area contributed by atoms with E-state index in [1.807, 2.05) is 6.07 Å². The molecule has 102 valence electrons. The van der Waals surface area contributed by atoms with E-state index in [-0.39, 0.29) is 10.6 Å². The van der Waals surface area contributed by atoms with Gasteiger partial charge in [0.05, 0.1) is 4.92 Å². The molecule has 1 aliphatic heterocycles. The zero-order chi connectivity index (χ0) is 13.7. The predicted octanol–water partition coefficient (Wildman–Crippen LogP) is 2.62. The van der Waals surface area contributed by atoms with Gasteiger partial charge in [-0.25, -0.2) is 0 Å². The van der Waals surface area contributed by atoms with Crippen molar-refractivity contribution >= 4 is 11.4 Å². The van der Waals surface area contributed by atoms with Crippen molar-refractivity contribution in [3.8, 4) is 0 Å². The quantitative estimate of drug-likeness (QED) is 0.486. The Bertz CT molecular complexity index is 497. The van der Waals surface area contributed by atoms with Crippen molar-refractivity contribution in [2.24, 2.45) is 0 Å². The van der Waals surface area contributed by atoms with Gasteiger partial charge in [0.25, 0.3) is 5.69 Å². The highest BCUT2D eigenvalue weighted by Gasteiger charge is 2.10. The number of hydrogen-bond acceptors (Lipinski definition) is 4. The van der Waals surface area contributed by atoms with E-state index in [9.17, 15) is 10.1 Å².